The maximum atomic E-state index is 11.7. The molecule has 3 N–H and O–H groups in total. The number of benzene rings is 2. The Labute approximate surface area is 124 Å². The van der Waals surface area contributed by atoms with Gasteiger partial charge in [0.1, 0.15) is 5.75 Å². The van der Waals surface area contributed by atoms with Crippen molar-refractivity contribution in [1.29, 1.82) is 0 Å². The minimum absolute atomic E-state index is 0.203. The number of nitrogens with one attached hydrogen (secondary N) is 2. The molecule has 0 saturated heterocycles. The van der Waals surface area contributed by atoms with Crippen LogP contribution in [0.2, 0.25) is 0 Å². The van der Waals surface area contributed by atoms with Crippen LogP contribution in [0, 0.1) is 6.92 Å². The van der Waals surface area contributed by atoms with Crippen molar-refractivity contribution in [3.63, 3.8) is 0 Å². The fourth-order valence-electron chi connectivity index (χ4n) is 1.98. The number of aryl methyl sites for hydroxylation is 1. The van der Waals surface area contributed by atoms with Crippen LogP contribution in [0.25, 0.3) is 0 Å². The highest BCUT2D eigenvalue weighted by atomic mass is 16.3. The first-order valence-electron chi connectivity index (χ1n) is 6.99. The van der Waals surface area contributed by atoms with Gasteiger partial charge in [-0.1, -0.05) is 48.0 Å². The van der Waals surface area contributed by atoms with Gasteiger partial charge in [0.15, 0.2) is 0 Å². The summed E-state index contributed by atoms with van der Waals surface area (Å²) in [4.78, 5) is 11.7. The number of amides is 2. The number of rotatable bonds is 5. The van der Waals surface area contributed by atoms with Crippen LogP contribution in [0.4, 0.5) is 4.79 Å². The summed E-state index contributed by atoms with van der Waals surface area (Å²) in [6.45, 7) is 3.02. The average molecular weight is 284 g/mol. The lowest BCUT2D eigenvalue weighted by Gasteiger charge is -2.08. The molecule has 0 aliphatic heterocycles. The van der Waals surface area contributed by atoms with Crippen molar-refractivity contribution in [3.8, 4) is 5.75 Å². The highest BCUT2D eigenvalue weighted by Gasteiger charge is 2.02. The molecular formula is C17H20N2O2. The van der Waals surface area contributed by atoms with Gasteiger partial charge < -0.3 is 15.7 Å². The van der Waals surface area contributed by atoms with E-state index in [1.165, 1.54) is 5.56 Å². The molecule has 2 aromatic carbocycles. The molecule has 2 amide bonds. The molecule has 2 aromatic rings. The maximum Gasteiger partial charge on any atom is 0.315 e. The Balaban J connectivity index is 1.70. The molecule has 0 unspecified atom stereocenters. The lowest BCUT2D eigenvalue weighted by Crippen LogP contribution is -2.36. The van der Waals surface area contributed by atoms with Crippen LogP contribution in [0.1, 0.15) is 16.7 Å². The molecule has 0 saturated carbocycles. The predicted molar refractivity (Wildman–Crippen MR) is 83.2 cm³/mol. The van der Waals surface area contributed by atoms with Crippen molar-refractivity contribution < 1.29 is 9.90 Å². The Hall–Kier alpha value is -2.49. The van der Waals surface area contributed by atoms with E-state index in [1.807, 2.05) is 43.3 Å². The van der Waals surface area contributed by atoms with E-state index in [4.69, 9.17) is 0 Å². The summed E-state index contributed by atoms with van der Waals surface area (Å²) in [5.41, 5.74) is 3.10. The van der Waals surface area contributed by atoms with Gasteiger partial charge in [-0.05, 0) is 30.5 Å². The number of hydrogen-bond donors (Lipinski definition) is 3. The predicted octanol–water partition coefficient (Wildman–Crippen LogP) is 2.74. The first-order chi connectivity index (χ1) is 10.1. The Bertz CT molecular complexity index is 594. The average Bonchev–Trinajstić information content (AvgIpc) is 2.49. The fraction of sp³-hybridized carbons (Fsp3) is 0.235. The van der Waals surface area contributed by atoms with E-state index in [2.05, 4.69) is 10.6 Å². The van der Waals surface area contributed by atoms with Crippen molar-refractivity contribution in [1.82, 2.24) is 10.6 Å². The molecular weight excluding hydrogens is 264 g/mol. The summed E-state index contributed by atoms with van der Waals surface area (Å²) in [6.07, 6.45) is 0.602. The van der Waals surface area contributed by atoms with E-state index in [0.29, 0.717) is 19.5 Å². The molecule has 0 spiro atoms. The molecule has 0 aliphatic rings. The van der Waals surface area contributed by atoms with Crippen molar-refractivity contribution in [2.24, 2.45) is 0 Å². The van der Waals surface area contributed by atoms with Crippen molar-refractivity contribution in [3.05, 3.63) is 65.2 Å². The number of carbonyl (C=O) groups is 1. The van der Waals surface area contributed by atoms with E-state index < -0.39 is 0 Å². The quantitative estimate of drug-likeness (QED) is 0.790. The fourth-order valence-corrected chi connectivity index (χ4v) is 1.98. The molecule has 0 aromatic heterocycles. The normalized spacial score (nSPS) is 10.1. The first kappa shape index (κ1) is 14.9. The monoisotopic (exact) mass is 284 g/mol. The lowest BCUT2D eigenvalue weighted by atomic mass is 10.1. The number of phenolic OH excluding ortho intramolecular Hbond substituents is 1. The van der Waals surface area contributed by atoms with E-state index in [9.17, 15) is 9.90 Å². The third kappa shape index (κ3) is 4.84. The highest BCUT2D eigenvalue weighted by molar-refractivity contribution is 5.73. The van der Waals surface area contributed by atoms with Crippen molar-refractivity contribution in [2.75, 3.05) is 6.54 Å². The third-order valence-corrected chi connectivity index (χ3v) is 3.25. The Morgan fingerprint density at radius 2 is 1.76 bits per heavy atom. The van der Waals surface area contributed by atoms with Gasteiger partial charge in [0.2, 0.25) is 0 Å². The molecule has 0 radical (unpaired) electrons. The standard InChI is InChI=1S/C17H20N2O2/c1-13-6-8-14(9-7-13)12-19-17(21)18-11-10-15-4-2-3-5-16(15)20/h2-9,20H,10-12H2,1H3,(H2,18,19,21). The van der Waals surface area contributed by atoms with Gasteiger partial charge in [-0.25, -0.2) is 4.79 Å². The zero-order valence-corrected chi connectivity index (χ0v) is 12.1. The van der Waals surface area contributed by atoms with E-state index in [1.54, 1.807) is 12.1 Å². The van der Waals surface area contributed by atoms with Crippen LogP contribution in [0.15, 0.2) is 48.5 Å². The maximum absolute atomic E-state index is 11.7. The summed E-state index contributed by atoms with van der Waals surface area (Å²) in [5, 5.41) is 15.2. The smallest absolute Gasteiger partial charge is 0.315 e. The zero-order valence-electron chi connectivity index (χ0n) is 12.1. The Morgan fingerprint density at radius 3 is 2.48 bits per heavy atom. The molecule has 4 heteroatoms. The number of carbonyl (C=O) groups excluding carboxylic acids is 1. The summed E-state index contributed by atoms with van der Waals surface area (Å²) < 4.78 is 0. The lowest BCUT2D eigenvalue weighted by molar-refractivity contribution is 0.240. The van der Waals surface area contributed by atoms with Gasteiger partial charge in [-0.15, -0.1) is 0 Å². The zero-order chi connectivity index (χ0) is 15.1. The van der Waals surface area contributed by atoms with Gasteiger partial charge in [-0.2, -0.15) is 0 Å². The van der Waals surface area contributed by atoms with Crippen LogP contribution >= 0.6 is 0 Å². The van der Waals surface area contributed by atoms with Crippen molar-refractivity contribution >= 4 is 6.03 Å². The number of urea groups is 1. The minimum atomic E-state index is -0.203. The van der Waals surface area contributed by atoms with E-state index in [0.717, 1.165) is 11.1 Å². The number of hydrogen-bond acceptors (Lipinski definition) is 2. The Morgan fingerprint density at radius 1 is 1.05 bits per heavy atom. The van der Waals surface area contributed by atoms with Crippen LogP contribution in [-0.2, 0) is 13.0 Å². The highest BCUT2D eigenvalue weighted by Crippen LogP contribution is 2.15. The SMILES string of the molecule is Cc1ccc(CNC(=O)NCCc2ccccc2O)cc1. The summed E-state index contributed by atoms with van der Waals surface area (Å²) in [7, 11) is 0. The molecule has 0 aliphatic carbocycles. The molecule has 0 atom stereocenters. The first-order valence-corrected chi connectivity index (χ1v) is 6.99. The minimum Gasteiger partial charge on any atom is -0.508 e. The Kier molecular flexibility index (Phi) is 5.21. The molecule has 21 heavy (non-hydrogen) atoms. The van der Waals surface area contributed by atoms with Crippen LogP contribution < -0.4 is 10.6 Å². The van der Waals surface area contributed by atoms with Gasteiger partial charge in [-0.3, -0.25) is 0 Å². The summed E-state index contributed by atoms with van der Waals surface area (Å²) >= 11 is 0. The second-order valence-electron chi connectivity index (χ2n) is 4.97. The summed E-state index contributed by atoms with van der Waals surface area (Å²) in [6, 6.07) is 15.0. The molecule has 110 valence electrons. The van der Waals surface area contributed by atoms with E-state index >= 15 is 0 Å². The van der Waals surface area contributed by atoms with Gasteiger partial charge in [0.25, 0.3) is 0 Å². The number of para-hydroxylation sites is 1. The molecule has 0 fully saturated rings. The topological polar surface area (TPSA) is 61.4 Å². The molecule has 2 rings (SSSR count). The number of aromatic hydroxyl groups is 1. The summed E-state index contributed by atoms with van der Waals surface area (Å²) in [5.74, 6) is 0.263. The van der Waals surface area contributed by atoms with Crippen molar-refractivity contribution in [2.45, 2.75) is 19.9 Å². The van der Waals surface area contributed by atoms with Crippen LogP contribution in [0.5, 0.6) is 5.75 Å². The van der Waals surface area contributed by atoms with Gasteiger partial charge in [0, 0.05) is 13.1 Å². The molecule has 0 heterocycles. The second kappa shape index (κ2) is 7.33. The second-order valence-corrected chi connectivity index (χ2v) is 4.97. The third-order valence-electron chi connectivity index (χ3n) is 3.25. The number of phenols is 1. The van der Waals surface area contributed by atoms with Gasteiger partial charge >= 0.3 is 6.03 Å². The molecule has 0 bridgehead atoms. The molecule has 4 nitrogen and oxygen atoms in total. The van der Waals surface area contributed by atoms with Gasteiger partial charge in [0.05, 0.1) is 0 Å². The van der Waals surface area contributed by atoms with Crippen LogP contribution in [-0.4, -0.2) is 17.7 Å². The van der Waals surface area contributed by atoms with E-state index in [-0.39, 0.29) is 11.8 Å². The largest absolute Gasteiger partial charge is 0.508 e. The van der Waals surface area contributed by atoms with Crippen LogP contribution in [0.3, 0.4) is 0 Å².